The average Bonchev–Trinajstić information content (AvgIpc) is 2.93. The second kappa shape index (κ2) is 7.31. The van der Waals surface area contributed by atoms with Crippen LogP contribution in [0.5, 0.6) is 0 Å². The summed E-state index contributed by atoms with van der Waals surface area (Å²) < 4.78 is 0. The van der Waals surface area contributed by atoms with E-state index in [1.165, 1.54) is 0 Å². The number of urea groups is 1. The van der Waals surface area contributed by atoms with E-state index in [0.29, 0.717) is 13.1 Å². The molecule has 0 bridgehead atoms. The van der Waals surface area contributed by atoms with Crippen LogP contribution < -0.4 is 15.5 Å². The molecule has 1 aromatic rings. The van der Waals surface area contributed by atoms with E-state index in [-0.39, 0.29) is 6.03 Å². The lowest BCUT2D eigenvalue weighted by Crippen LogP contribution is -2.46. The van der Waals surface area contributed by atoms with Gasteiger partial charge in [0, 0.05) is 32.4 Å². The van der Waals surface area contributed by atoms with Crippen LogP contribution >= 0.6 is 0 Å². The summed E-state index contributed by atoms with van der Waals surface area (Å²) in [5.74, 6) is 0. The minimum absolute atomic E-state index is 0.211. The fourth-order valence-corrected chi connectivity index (χ4v) is 2.67. The standard InChI is InChI=1S/C16H25N3O2/c1-19(14-7-3-2-4-8-14)12-11-17-15(20)18-13-16(21)9-5-6-10-16/h2-4,7-8,21H,5-6,9-13H2,1H3,(H2,17,18,20). The zero-order valence-electron chi connectivity index (χ0n) is 12.6. The molecule has 1 fully saturated rings. The van der Waals surface area contributed by atoms with Gasteiger partial charge in [-0.25, -0.2) is 4.79 Å². The molecule has 0 radical (unpaired) electrons. The number of hydrogen-bond acceptors (Lipinski definition) is 3. The number of anilines is 1. The lowest BCUT2D eigenvalue weighted by Gasteiger charge is -2.23. The largest absolute Gasteiger partial charge is 0.388 e. The van der Waals surface area contributed by atoms with Gasteiger partial charge in [-0.15, -0.1) is 0 Å². The summed E-state index contributed by atoms with van der Waals surface area (Å²) in [6.45, 7) is 1.64. The van der Waals surface area contributed by atoms with E-state index in [1.54, 1.807) is 0 Å². The third kappa shape index (κ3) is 4.93. The molecule has 1 saturated carbocycles. The van der Waals surface area contributed by atoms with Crippen LogP contribution in [0.25, 0.3) is 0 Å². The van der Waals surface area contributed by atoms with Crippen molar-refractivity contribution in [2.45, 2.75) is 31.3 Å². The minimum Gasteiger partial charge on any atom is -0.388 e. The van der Waals surface area contributed by atoms with E-state index in [2.05, 4.69) is 15.5 Å². The summed E-state index contributed by atoms with van der Waals surface area (Å²) >= 11 is 0. The number of likely N-dealkylation sites (N-methyl/N-ethyl adjacent to an activating group) is 1. The van der Waals surface area contributed by atoms with Gasteiger partial charge in [-0.05, 0) is 25.0 Å². The number of amides is 2. The van der Waals surface area contributed by atoms with E-state index in [0.717, 1.165) is 37.9 Å². The molecule has 2 rings (SSSR count). The third-order valence-electron chi connectivity index (χ3n) is 4.04. The predicted octanol–water partition coefficient (Wildman–Crippen LogP) is 1.73. The maximum atomic E-state index is 11.7. The van der Waals surface area contributed by atoms with Crippen LogP contribution in [-0.4, -0.2) is 43.4 Å². The number of hydrogen-bond donors (Lipinski definition) is 3. The highest BCUT2D eigenvalue weighted by Gasteiger charge is 2.31. The SMILES string of the molecule is CN(CCNC(=O)NCC1(O)CCCC1)c1ccccc1. The maximum absolute atomic E-state index is 11.7. The minimum atomic E-state index is -0.696. The highest BCUT2D eigenvalue weighted by atomic mass is 16.3. The molecule has 3 N–H and O–H groups in total. The third-order valence-corrected chi connectivity index (χ3v) is 4.04. The van der Waals surface area contributed by atoms with Crippen LogP contribution in [0.2, 0.25) is 0 Å². The lowest BCUT2D eigenvalue weighted by molar-refractivity contribution is 0.0501. The van der Waals surface area contributed by atoms with Crippen molar-refractivity contribution in [3.8, 4) is 0 Å². The Labute approximate surface area is 126 Å². The summed E-state index contributed by atoms with van der Waals surface area (Å²) in [6, 6.07) is 9.84. The Hall–Kier alpha value is -1.75. The van der Waals surface area contributed by atoms with Gasteiger partial charge in [0.15, 0.2) is 0 Å². The smallest absolute Gasteiger partial charge is 0.314 e. The number of carbonyl (C=O) groups is 1. The predicted molar refractivity (Wildman–Crippen MR) is 84.5 cm³/mol. The highest BCUT2D eigenvalue weighted by molar-refractivity contribution is 5.73. The first-order valence-electron chi connectivity index (χ1n) is 7.59. The van der Waals surface area contributed by atoms with Gasteiger partial charge in [0.1, 0.15) is 0 Å². The first-order chi connectivity index (χ1) is 10.1. The molecular weight excluding hydrogens is 266 g/mol. The Kier molecular flexibility index (Phi) is 5.44. The van der Waals surface area contributed by atoms with Crippen molar-refractivity contribution in [1.29, 1.82) is 0 Å². The number of para-hydroxylation sites is 1. The number of benzene rings is 1. The molecule has 116 valence electrons. The van der Waals surface area contributed by atoms with E-state index < -0.39 is 5.60 Å². The second-order valence-electron chi connectivity index (χ2n) is 5.80. The molecule has 5 nitrogen and oxygen atoms in total. The van der Waals surface area contributed by atoms with Crippen molar-refractivity contribution in [3.63, 3.8) is 0 Å². The molecule has 1 aliphatic carbocycles. The summed E-state index contributed by atoms with van der Waals surface area (Å²) in [5.41, 5.74) is 0.429. The van der Waals surface area contributed by atoms with Crippen molar-refractivity contribution < 1.29 is 9.90 Å². The van der Waals surface area contributed by atoms with Gasteiger partial charge < -0.3 is 20.6 Å². The highest BCUT2D eigenvalue weighted by Crippen LogP contribution is 2.28. The number of carbonyl (C=O) groups excluding carboxylic acids is 1. The number of nitrogens with zero attached hydrogens (tertiary/aromatic N) is 1. The van der Waals surface area contributed by atoms with Crippen molar-refractivity contribution >= 4 is 11.7 Å². The second-order valence-corrected chi connectivity index (χ2v) is 5.80. The van der Waals surface area contributed by atoms with Gasteiger partial charge in [0.2, 0.25) is 0 Å². The van der Waals surface area contributed by atoms with Crippen LogP contribution in [0.15, 0.2) is 30.3 Å². The molecule has 0 saturated heterocycles. The molecule has 1 aromatic carbocycles. The number of nitrogens with one attached hydrogen (secondary N) is 2. The summed E-state index contributed by atoms with van der Waals surface area (Å²) in [4.78, 5) is 13.8. The first kappa shape index (κ1) is 15.6. The van der Waals surface area contributed by atoms with Crippen LogP contribution in [-0.2, 0) is 0 Å². The number of aliphatic hydroxyl groups is 1. The van der Waals surface area contributed by atoms with Gasteiger partial charge in [-0.2, -0.15) is 0 Å². The molecule has 0 unspecified atom stereocenters. The fraction of sp³-hybridized carbons (Fsp3) is 0.562. The van der Waals surface area contributed by atoms with E-state index >= 15 is 0 Å². The molecule has 1 aliphatic rings. The molecule has 5 heteroatoms. The maximum Gasteiger partial charge on any atom is 0.314 e. The summed E-state index contributed by atoms with van der Waals surface area (Å²) in [6.07, 6.45) is 3.65. The molecule has 0 atom stereocenters. The van der Waals surface area contributed by atoms with Crippen molar-refractivity contribution in [3.05, 3.63) is 30.3 Å². The summed E-state index contributed by atoms with van der Waals surface area (Å²) in [7, 11) is 2.00. The molecule has 0 aromatic heterocycles. The molecule has 0 spiro atoms. The Bertz CT molecular complexity index is 444. The average molecular weight is 291 g/mol. The molecule has 0 aliphatic heterocycles. The topological polar surface area (TPSA) is 64.6 Å². The normalized spacial score (nSPS) is 16.5. The van der Waals surface area contributed by atoms with Crippen LogP contribution in [0.1, 0.15) is 25.7 Å². The van der Waals surface area contributed by atoms with Gasteiger partial charge in [0.25, 0.3) is 0 Å². The van der Waals surface area contributed by atoms with E-state index in [4.69, 9.17) is 0 Å². The summed E-state index contributed by atoms with van der Waals surface area (Å²) in [5, 5.41) is 15.7. The quantitative estimate of drug-likeness (QED) is 0.748. The monoisotopic (exact) mass is 291 g/mol. The Balaban J connectivity index is 1.63. The van der Waals surface area contributed by atoms with Gasteiger partial charge in [-0.1, -0.05) is 31.0 Å². The van der Waals surface area contributed by atoms with Gasteiger partial charge in [-0.3, -0.25) is 0 Å². The van der Waals surface area contributed by atoms with E-state index in [1.807, 2.05) is 37.4 Å². The van der Waals surface area contributed by atoms with E-state index in [9.17, 15) is 9.90 Å². The Morgan fingerprint density at radius 2 is 1.90 bits per heavy atom. The van der Waals surface area contributed by atoms with Crippen LogP contribution in [0.3, 0.4) is 0 Å². The zero-order chi connectivity index (χ0) is 15.1. The molecule has 2 amide bonds. The fourth-order valence-electron chi connectivity index (χ4n) is 2.67. The van der Waals surface area contributed by atoms with Crippen molar-refractivity contribution in [2.75, 3.05) is 31.6 Å². The Morgan fingerprint density at radius 1 is 1.24 bits per heavy atom. The molecule has 21 heavy (non-hydrogen) atoms. The van der Waals surface area contributed by atoms with Crippen LogP contribution in [0.4, 0.5) is 10.5 Å². The lowest BCUT2D eigenvalue weighted by atomic mass is 10.0. The van der Waals surface area contributed by atoms with Crippen molar-refractivity contribution in [1.82, 2.24) is 10.6 Å². The van der Waals surface area contributed by atoms with Gasteiger partial charge in [0.05, 0.1) is 5.60 Å². The Morgan fingerprint density at radius 3 is 2.57 bits per heavy atom. The van der Waals surface area contributed by atoms with Crippen LogP contribution in [0, 0.1) is 0 Å². The van der Waals surface area contributed by atoms with Crippen molar-refractivity contribution in [2.24, 2.45) is 0 Å². The first-order valence-corrected chi connectivity index (χ1v) is 7.59. The van der Waals surface area contributed by atoms with Gasteiger partial charge >= 0.3 is 6.03 Å². The molecule has 0 heterocycles. The zero-order valence-corrected chi connectivity index (χ0v) is 12.6. The number of rotatable bonds is 6. The molecular formula is C16H25N3O2.